The van der Waals surface area contributed by atoms with Gasteiger partial charge in [-0.2, -0.15) is 5.10 Å². The largest absolute Gasteiger partial charge is 0.350 e. The molecule has 6 heteroatoms. The lowest BCUT2D eigenvalue weighted by Crippen LogP contribution is -2.32. The van der Waals surface area contributed by atoms with Crippen molar-refractivity contribution in [1.29, 1.82) is 0 Å². The molecule has 3 rings (SSSR count). The summed E-state index contributed by atoms with van der Waals surface area (Å²) < 4.78 is 0. The van der Waals surface area contributed by atoms with Crippen LogP contribution in [-0.2, 0) is 11.3 Å². The predicted molar refractivity (Wildman–Crippen MR) is 83.3 cm³/mol. The third-order valence-corrected chi connectivity index (χ3v) is 3.36. The number of nitrogens with zero attached hydrogens (tertiary/aromatic N) is 2. The summed E-state index contributed by atoms with van der Waals surface area (Å²) in [5.74, 6) is -0.265. The van der Waals surface area contributed by atoms with E-state index in [4.69, 9.17) is 5.73 Å². The number of carbonyl (C=O) groups is 2. The Morgan fingerprint density at radius 2 is 1.77 bits per heavy atom. The Morgan fingerprint density at radius 1 is 1.09 bits per heavy atom. The zero-order chi connectivity index (χ0) is 15.5. The normalized spacial score (nSPS) is 15.0. The molecule has 2 aromatic rings. The van der Waals surface area contributed by atoms with Gasteiger partial charge in [-0.3, -0.25) is 4.79 Å². The first-order valence-electron chi connectivity index (χ1n) is 6.75. The molecule has 1 aliphatic heterocycles. The molecule has 0 radical (unpaired) electrons. The number of fused-ring (bicyclic) bond motifs is 1. The average molecular weight is 294 g/mol. The van der Waals surface area contributed by atoms with Crippen LogP contribution >= 0.6 is 0 Å². The van der Waals surface area contributed by atoms with Gasteiger partial charge in [0.05, 0.1) is 12.2 Å². The molecule has 2 aromatic carbocycles. The van der Waals surface area contributed by atoms with Gasteiger partial charge >= 0.3 is 6.03 Å². The molecule has 1 aliphatic rings. The second-order valence-corrected chi connectivity index (χ2v) is 4.83. The summed E-state index contributed by atoms with van der Waals surface area (Å²) in [4.78, 5) is 25.0. The molecule has 0 saturated heterocycles. The van der Waals surface area contributed by atoms with Gasteiger partial charge in [-0.05, 0) is 11.6 Å². The quantitative estimate of drug-likeness (QED) is 0.842. The molecular formula is C16H14N4O2. The molecule has 0 bridgehead atoms. The van der Waals surface area contributed by atoms with Crippen molar-refractivity contribution >= 4 is 23.3 Å². The maximum absolute atomic E-state index is 12.6. The molecule has 3 N–H and O–H groups in total. The number of nitrogens with two attached hydrogens (primary N) is 1. The smallest absolute Gasteiger partial charge is 0.332 e. The number of urea groups is 1. The first-order valence-corrected chi connectivity index (χ1v) is 6.75. The van der Waals surface area contributed by atoms with Crippen molar-refractivity contribution < 1.29 is 9.59 Å². The van der Waals surface area contributed by atoms with Crippen molar-refractivity contribution in [2.24, 2.45) is 10.8 Å². The minimum Gasteiger partial charge on any atom is -0.350 e. The van der Waals surface area contributed by atoms with E-state index in [1.54, 1.807) is 11.0 Å². The van der Waals surface area contributed by atoms with E-state index in [1.807, 2.05) is 48.5 Å². The van der Waals surface area contributed by atoms with Gasteiger partial charge in [0.1, 0.15) is 0 Å². The summed E-state index contributed by atoms with van der Waals surface area (Å²) in [7, 11) is 0. The van der Waals surface area contributed by atoms with Crippen LogP contribution in [0.1, 0.15) is 11.1 Å². The molecule has 0 fully saturated rings. The monoisotopic (exact) mass is 294 g/mol. The lowest BCUT2D eigenvalue weighted by atomic mass is 10.1. The van der Waals surface area contributed by atoms with Gasteiger partial charge in [-0.1, -0.05) is 48.5 Å². The third-order valence-electron chi connectivity index (χ3n) is 3.36. The van der Waals surface area contributed by atoms with Gasteiger partial charge in [-0.25, -0.2) is 10.2 Å². The van der Waals surface area contributed by atoms with Gasteiger partial charge in [0.15, 0.2) is 5.71 Å². The van der Waals surface area contributed by atoms with Crippen LogP contribution in [0.4, 0.5) is 10.5 Å². The minimum absolute atomic E-state index is 0.185. The number of hydrogen-bond donors (Lipinski definition) is 2. The highest BCUT2D eigenvalue weighted by Gasteiger charge is 2.33. The number of primary amides is 1. The van der Waals surface area contributed by atoms with Crippen LogP contribution in [0, 0.1) is 0 Å². The number of nitrogens with one attached hydrogen (secondary N) is 1. The standard InChI is InChI=1S/C16H14N4O2/c17-16(22)19-18-14-12-8-4-5-9-13(12)20(15(14)21)10-11-6-2-1-3-7-11/h1-9H,10H2,(H3,17,19,22). The number of rotatable bonds is 3. The Bertz CT molecular complexity index is 756. The fourth-order valence-corrected chi connectivity index (χ4v) is 2.40. The molecule has 0 unspecified atom stereocenters. The number of carbonyl (C=O) groups excluding carboxylic acids is 2. The number of amides is 3. The summed E-state index contributed by atoms with van der Waals surface area (Å²) in [6.07, 6.45) is 0. The van der Waals surface area contributed by atoms with Gasteiger partial charge in [0, 0.05) is 5.56 Å². The van der Waals surface area contributed by atoms with Crippen molar-refractivity contribution in [1.82, 2.24) is 5.43 Å². The highest BCUT2D eigenvalue weighted by molar-refractivity contribution is 6.54. The Labute approximate surface area is 127 Å². The third kappa shape index (κ3) is 2.54. The van der Waals surface area contributed by atoms with E-state index in [2.05, 4.69) is 10.5 Å². The lowest BCUT2D eigenvalue weighted by molar-refractivity contribution is -0.112. The number of para-hydroxylation sites is 1. The zero-order valence-electron chi connectivity index (χ0n) is 11.7. The minimum atomic E-state index is -0.806. The Balaban J connectivity index is 1.97. The van der Waals surface area contributed by atoms with Crippen molar-refractivity contribution in [2.75, 3.05) is 4.90 Å². The second kappa shape index (κ2) is 5.69. The molecule has 1 heterocycles. The maximum Gasteiger partial charge on any atom is 0.332 e. The molecule has 0 atom stereocenters. The fraction of sp³-hybridized carbons (Fsp3) is 0.0625. The molecule has 6 nitrogen and oxygen atoms in total. The van der Waals surface area contributed by atoms with Crippen LogP contribution in [0.2, 0.25) is 0 Å². The SMILES string of the molecule is NC(=O)NN=C1C(=O)N(Cc2ccccc2)c2ccccc21. The van der Waals surface area contributed by atoms with Gasteiger partial charge in [0.2, 0.25) is 0 Å². The Hall–Kier alpha value is -3.15. The van der Waals surface area contributed by atoms with Gasteiger partial charge in [0.25, 0.3) is 5.91 Å². The second-order valence-electron chi connectivity index (χ2n) is 4.83. The molecule has 3 amide bonds. The Kier molecular flexibility index (Phi) is 3.57. The van der Waals surface area contributed by atoms with E-state index in [9.17, 15) is 9.59 Å². The molecule has 0 saturated carbocycles. The molecule has 110 valence electrons. The van der Waals surface area contributed by atoms with Crippen LogP contribution in [-0.4, -0.2) is 17.6 Å². The molecule has 0 aromatic heterocycles. The van der Waals surface area contributed by atoms with E-state index in [-0.39, 0.29) is 11.6 Å². The first kappa shape index (κ1) is 13.8. The van der Waals surface area contributed by atoms with Gasteiger partial charge < -0.3 is 10.6 Å². The van der Waals surface area contributed by atoms with Crippen molar-refractivity contribution in [3.63, 3.8) is 0 Å². The topological polar surface area (TPSA) is 87.8 Å². The number of benzene rings is 2. The summed E-state index contributed by atoms with van der Waals surface area (Å²) >= 11 is 0. The summed E-state index contributed by atoms with van der Waals surface area (Å²) in [5, 5.41) is 3.84. The highest BCUT2D eigenvalue weighted by atomic mass is 16.2. The van der Waals surface area contributed by atoms with Crippen molar-refractivity contribution in [2.45, 2.75) is 6.54 Å². The van der Waals surface area contributed by atoms with Crippen LogP contribution in [0.3, 0.4) is 0 Å². The summed E-state index contributed by atoms with van der Waals surface area (Å²) in [5.41, 5.74) is 9.77. The lowest BCUT2D eigenvalue weighted by Gasteiger charge is -2.16. The average Bonchev–Trinajstić information content (AvgIpc) is 2.79. The van der Waals surface area contributed by atoms with Crippen LogP contribution in [0.25, 0.3) is 0 Å². The van der Waals surface area contributed by atoms with Gasteiger partial charge in [-0.15, -0.1) is 0 Å². The highest BCUT2D eigenvalue weighted by Crippen LogP contribution is 2.30. The molecular weight excluding hydrogens is 280 g/mol. The van der Waals surface area contributed by atoms with Crippen LogP contribution < -0.4 is 16.1 Å². The number of hydrazone groups is 1. The van der Waals surface area contributed by atoms with E-state index < -0.39 is 6.03 Å². The maximum atomic E-state index is 12.6. The zero-order valence-corrected chi connectivity index (χ0v) is 11.7. The number of hydrogen-bond acceptors (Lipinski definition) is 3. The first-order chi connectivity index (χ1) is 10.7. The summed E-state index contributed by atoms with van der Waals surface area (Å²) in [6.45, 7) is 0.437. The summed E-state index contributed by atoms with van der Waals surface area (Å²) in [6, 6.07) is 16.2. The van der Waals surface area contributed by atoms with E-state index in [0.717, 1.165) is 11.3 Å². The van der Waals surface area contributed by atoms with Crippen LogP contribution in [0.15, 0.2) is 59.7 Å². The molecule has 22 heavy (non-hydrogen) atoms. The fourth-order valence-electron chi connectivity index (χ4n) is 2.40. The molecule has 0 spiro atoms. The van der Waals surface area contributed by atoms with E-state index >= 15 is 0 Å². The van der Waals surface area contributed by atoms with Crippen molar-refractivity contribution in [3.05, 3.63) is 65.7 Å². The van der Waals surface area contributed by atoms with Crippen molar-refractivity contribution in [3.8, 4) is 0 Å². The predicted octanol–water partition coefficient (Wildman–Crippen LogP) is 1.61. The van der Waals surface area contributed by atoms with Crippen LogP contribution in [0.5, 0.6) is 0 Å². The number of anilines is 1. The van der Waals surface area contributed by atoms with E-state index in [0.29, 0.717) is 12.1 Å². The van der Waals surface area contributed by atoms with E-state index in [1.165, 1.54) is 0 Å². The Morgan fingerprint density at radius 3 is 2.50 bits per heavy atom. The molecule has 0 aliphatic carbocycles.